The second-order valence-electron chi connectivity index (χ2n) is 16.3. The highest BCUT2D eigenvalue weighted by Crippen LogP contribution is 2.46. The van der Waals surface area contributed by atoms with Crippen LogP contribution in [0, 0.1) is 10.1 Å². The zero-order valence-electron chi connectivity index (χ0n) is 36.9. The number of para-hydroxylation sites is 1. The van der Waals surface area contributed by atoms with Crippen LogP contribution in [0.3, 0.4) is 0 Å². The Hall–Kier alpha value is -7.10. The molecule has 1 amide bonds. The van der Waals surface area contributed by atoms with E-state index in [9.17, 15) is 14.9 Å². The van der Waals surface area contributed by atoms with Crippen LogP contribution in [0.15, 0.2) is 113 Å². The van der Waals surface area contributed by atoms with E-state index in [4.69, 9.17) is 24.7 Å². The van der Waals surface area contributed by atoms with Crippen molar-refractivity contribution in [2.24, 2.45) is 0 Å². The summed E-state index contributed by atoms with van der Waals surface area (Å²) in [5, 5.41) is 24.6. The number of anilines is 1. The van der Waals surface area contributed by atoms with Gasteiger partial charge >= 0.3 is 6.09 Å². The van der Waals surface area contributed by atoms with Gasteiger partial charge in [-0.1, -0.05) is 48.5 Å². The second-order valence-corrected chi connectivity index (χ2v) is 20.4. The summed E-state index contributed by atoms with van der Waals surface area (Å²) >= 11 is 0. The van der Waals surface area contributed by atoms with Crippen molar-refractivity contribution in [3.8, 4) is 39.8 Å². The minimum absolute atomic E-state index is 0.0362. The maximum absolute atomic E-state index is 16.0. The molecule has 0 aliphatic carbocycles. The third-order valence-electron chi connectivity index (χ3n) is 10.7. The monoisotopic (exact) mass is 940 g/mol. The molecule has 1 fully saturated rings. The number of benzene rings is 5. The number of sulfonamides is 1. The Morgan fingerprint density at radius 1 is 0.788 bits per heavy atom. The number of nitro groups is 1. The molecule has 21 heteroatoms. The normalized spacial score (nSPS) is 13.3. The van der Waals surface area contributed by atoms with E-state index in [1.165, 1.54) is 55.3 Å². The second kappa shape index (κ2) is 18.8. The molecule has 0 bridgehead atoms. The van der Waals surface area contributed by atoms with E-state index in [-0.39, 0.29) is 60.9 Å². The fraction of sp³-hybridized carbons (Fsp3) is 0.289. The summed E-state index contributed by atoms with van der Waals surface area (Å²) in [5.41, 5.74) is 5.62. The molecule has 346 valence electrons. The number of carbonyl (C=O) groups excluding carboxylic acids is 1. The Bertz CT molecular complexity index is 2920. The van der Waals surface area contributed by atoms with E-state index in [0.717, 1.165) is 10.4 Å². The number of carbonyl (C=O) groups is 1. The van der Waals surface area contributed by atoms with Crippen molar-refractivity contribution in [3.05, 3.63) is 130 Å². The average Bonchev–Trinajstić information content (AvgIpc) is 3.73. The standard InChI is InChI=1S/C45H48N8O11S2/c1-45(2,3)64-44(54)50-27-35(28-50)65(57,58)39-23-22-36(37-8-7-9-38(46)41(37)53(55)56)40(43-47-49-52(48-43)26-31-14-20-34(63-6)21-15-31)42(39)66(59,60)51(24-29-10-16-32(61-4)17-11-29)25-30-12-18-33(62-5)19-13-30/h7-23,35H,24-28,46H2,1-6H3. The van der Waals surface area contributed by atoms with Crippen molar-refractivity contribution >= 4 is 37.3 Å². The van der Waals surface area contributed by atoms with Crippen LogP contribution >= 0.6 is 0 Å². The van der Waals surface area contributed by atoms with E-state index in [1.807, 2.05) is 0 Å². The Balaban J connectivity index is 1.49. The summed E-state index contributed by atoms with van der Waals surface area (Å²) in [6.07, 6.45) is -0.741. The van der Waals surface area contributed by atoms with E-state index >= 15 is 16.8 Å². The number of rotatable bonds is 16. The molecule has 6 aromatic rings. The highest BCUT2D eigenvalue weighted by atomic mass is 32.2. The first-order chi connectivity index (χ1) is 31.3. The van der Waals surface area contributed by atoms with Gasteiger partial charge in [-0.05, 0) is 97.3 Å². The van der Waals surface area contributed by atoms with Crippen LogP contribution in [-0.2, 0) is 44.2 Å². The summed E-state index contributed by atoms with van der Waals surface area (Å²) in [4.78, 5) is 26.0. The van der Waals surface area contributed by atoms with Gasteiger partial charge in [-0.15, -0.1) is 10.2 Å². The van der Waals surface area contributed by atoms with E-state index < -0.39 is 57.2 Å². The fourth-order valence-electron chi connectivity index (χ4n) is 7.29. The van der Waals surface area contributed by atoms with E-state index in [2.05, 4.69) is 15.4 Å². The summed E-state index contributed by atoms with van der Waals surface area (Å²) in [6, 6.07) is 26.8. The molecule has 1 aliphatic rings. The Labute approximate surface area is 381 Å². The molecule has 7 rings (SSSR count). The molecule has 1 saturated heterocycles. The SMILES string of the molecule is COc1ccc(CN(Cc2ccc(OC)cc2)S(=O)(=O)c2c(S(=O)(=O)C3CN(C(=O)OC(C)(C)C)C3)ccc(-c3cccc(N)c3[N+](=O)[O-])c2-c2nnn(Cc3ccc(OC)cc3)n2)cc1. The van der Waals surface area contributed by atoms with Crippen molar-refractivity contribution in [1.29, 1.82) is 0 Å². The molecule has 1 aliphatic heterocycles. The number of sulfone groups is 1. The number of nitrogens with two attached hydrogens (primary N) is 1. The minimum Gasteiger partial charge on any atom is -0.497 e. The average molecular weight is 941 g/mol. The van der Waals surface area contributed by atoms with Crippen LogP contribution in [0.1, 0.15) is 37.5 Å². The van der Waals surface area contributed by atoms with E-state index in [0.29, 0.717) is 33.9 Å². The number of likely N-dealkylation sites (tertiary alicyclic amines) is 1. The molecule has 5 aromatic carbocycles. The number of nitrogen functional groups attached to an aromatic ring is 1. The molecule has 66 heavy (non-hydrogen) atoms. The Morgan fingerprint density at radius 2 is 1.32 bits per heavy atom. The Kier molecular flexibility index (Phi) is 13.3. The number of tetrazole rings is 1. The maximum atomic E-state index is 16.0. The number of nitrogens with zero attached hydrogens (tertiary/aromatic N) is 7. The molecular formula is C45H48N8O11S2. The first-order valence-electron chi connectivity index (χ1n) is 20.4. The number of nitro benzene ring substituents is 1. The highest BCUT2D eigenvalue weighted by Gasteiger charge is 2.46. The molecule has 2 heterocycles. The van der Waals surface area contributed by atoms with Gasteiger partial charge < -0.3 is 29.6 Å². The van der Waals surface area contributed by atoms with Gasteiger partial charge in [-0.2, -0.15) is 9.10 Å². The molecule has 0 atom stereocenters. The highest BCUT2D eigenvalue weighted by molar-refractivity contribution is 7.94. The summed E-state index contributed by atoms with van der Waals surface area (Å²) in [7, 11) is -5.23. The fourth-order valence-corrected chi connectivity index (χ4v) is 11.4. The van der Waals surface area contributed by atoms with Crippen LogP contribution in [0.4, 0.5) is 16.2 Å². The number of hydrogen-bond donors (Lipinski definition) is 1. The predicted octanol–water partition coefficient (Wildman–Crippen LogP) is 6.36. The molecule has 0 radical (unpaired) electrons. The van der Waals surface area contributed by atoms with Crippen LogP contribution in [0.5, 0.6) is 17.2 Å². The lowest BCUT2D eigenvalue weighted by Gasteiger charge is -2.39. The molecule has 0 unspecified atom stereocenters. The van der Waals surface area contributed by atoms with Crippen LogP contribution < -0.4 is 19.9 Å². The van der Waals surface area contributed by atoms with Gasteiger partial charge in [-0.25, -0.2) is 21.6 Å². The van der Waals surface area contributed by atoms with Gasteiger partial charge in [-0.3, -0.25) is 10.1 Å². The molecular weight excluding hydrogens is 893 g/mol. The number of methoxy groups -OCH3 is 3. The molecule has 0 spiro atoms. The zero-order chi connectivity index (χ0) is 47.6. The topological polar surface area (TPSA) is 242 Å². The largest absolute Gasteiger partial charge is 0.497 e. The van der Waals surface area contributed by atoms with Gasteiger partial charge in [0.05, 0.1) is 48.8 Å². The predicted molar refractivity (Wildman–Crippen MR) is 243 cm³/mol. The summed E-state index contributed by atoms with van der Waals surface area (Å²) < 4.78 is 84.7. The third-order valence-corrected chi connectivity index (χ3v) is 14.8. The van der Waals surface area contributed by atoms with Crippen LogP contribution in [0.2, 0.25) is 0 Å². The van der Waals surface area contributed by atoms with Crippen molar-refractivity contribution in [1.82, 2.24) is 29.4 Å². The number of hydrogen-bond acceptors (Lipinski definition) is 15. The molecule has 19 nitrogen and oxygen atoms in total. The summed E-state index contributed by atoms with van der Waals surface area (Å²) in [5.74, 6) is 1.27. The van der Waals surface area contributed by atoms with Crippen LogP contribution in [-0.4, -0.2) is 103 Å². The van der Waals surface area contributed by atoms with Crippen LogP contribution in [0.25, 0.3) is 22.5 Å². The first kappa shape index (κ1) is 46.9. The van der Waals surface area contributed by atoms with Gasteiger partial charge in [0, 0.05) is 31.7 Å². The van der Waals surface area contributed by atoms with E-state index in [1.54, 1.807) is 93.6 Å². The van der Waals surface area contributed by atoms with Crippen molar-refractivity contribution in [3.63, 3.8) is 0 Å². The molecule has 2 N–H and O–H groups in total. The Morgan fingerprint density at radius 3 is 1.82 bits per heavy atom. The number of aromatic nitrogens is 4. The van der Waals surface area contributed by atoms with Gasteiger partial charge in [0.2, 0.25) is 15.8 Å². The molecule has 1 aromatic heterocycles. The van der Waals surface area contributed by atoms with Crippen molar-refractivity contribution in [2.75, 3.05) is 40.2 Å². The maximum Gasteiger partial charge on any atom is 0.410 e. The number of ether oxygens (including phenoxy) is 4. The first-order valence-corrected chi connectivity index (χ1v) is 23.4. The van der Waals surface area contributed by atoms with Gasteiger partial charge in [0.1, 0.15) is 38.7 Å². The molecule has 0 saturated carbocycles. The third kappa shape index (κ3) is 9.92. The zero-order valence-corrected chi connectivity index (χ0v) is 38.6. The quantitative estimate of drug-likeness (QED) is 0.0631. The number of amides is 1. The summed E-state index contributed by atoms with van der Waals surface area (Å²) in [6.45, 7) is 3.87. The lowest BCUT2D eigenvalue weighted by atomic mass is 9.97. The minimum atomic E-state index is -5.07. The smallest absolute Gasteiger partial charge is 0.410 e. The van der Waals surface area contributed by atoms with Crippen molar-refractivity contribution < 1.29 is 45.5 Å². The lowest BCUT2D eigenvalue weighted by molar-refractivity contribution is -0.383. The van der Waals surface area contributed by atoms with Gasteiger partial charge in [0.15, 0.2) is 9.84 Å². The lowest BCUT2D eigenvalue weighted by Crippen LogP contribution is -2.57. The van der Waals surface area contributed by atoms with Crippen molar-refractivity contribution in [2.45, 2.75) is 61.0 Å². The van der Waals surface area contributed by atoms with Gasteiger partial charge in [0.25, 0.3) is 5.69 Å².